The van der Waals surface area contributed by atoms with Crippen molar-refractivity contribution in [2.45, 2.75) is 26.8 Å². The van der Waals surface area contributed by atoms with Crippen LogP contribution in [0.2, 0.25) is 0 Å². The summed E-state index contributed by atoms with van der Waals surface area (Å²) in [6, 6.07) is 5.50. The summed E-state index contributed by atoms with van der Waals surface area (Å²) in [5.41, 5.74) is 1.63. The lowest BCUT2D eigenvalue weighted by Gasteiger charge is -2.20. The molecule has 0 saturated carbocycles. The van der Waals surface area contributed by atoms with Crippen LogP contribution in [0.4, 0.5) is 0 Å². The molecule has 1 aliphatic rings. The summed E-state index contributed by atoms with van der Waals surface area (Å²) >= 11 is 0. The molecule has 1 aromatic rings. The number of rotatable bonds is 5. The summed E-state index contributed by atoms with van der Waals surface area (Å²) in [6.45, 7) is 6.64. The van der Waals surface area contributed by atoms with Gasteiger partial charge in [-0.15, -0.1) is 0 Å². The van der Waals surface area contributed by atoms with E-state index in [2.05, 4.69) is 10.2 Å². The predicted molar refractivity (Wildman–Crippen MR) is 80.5 cm³/mol. The monoisotopic (exact) mass is 290 g/mol. The SMILES string of the molecule is CCOc1ccc(C(C)=O)cc1CN1CCCNC(=O)C1. The number of Topliss-reactive ketones (excluding diaryl/α,β-unsaturated/α-hetero) is 1. The van der Waals surface area contributed by atoms with E-state index in [4.69, 9.17) is 4.74 Å². The van der Waals surface area contributed by atoms with Gasteiger partial charge in [-0.1, -0.05) is 0 Å². The van der Waals surface area contributed by atoms with Crippen LogP contribution in [-0.4, -0.2) is 42.8 Å². The van der Waals surface area contributed by atoms with Crippen molar-refractivity contribution < 1.29 is 14.3 Å². The van der Waals surface area contributed by atoms with E-state index in [1.807, 2.05) is 19.1 Å². The lowest BCUT2D eigenvalue weighted by molar-refractivity contribution is -0.121. The number of carbonyl (C=O) groups excluding carboxylic acids is 2. The van der Waals surface area contributed by atoms with Crippen LogP contribution in [0.25, 0.3) is 0 Å². The minimum absolute atomic E-state index is 0.0351. The van der Waals surface area contributed by atoms with Crippen molar-refractivity contribution in [2.75, 3.05) is 26.2 Å². The average molecular weight is 290 g/mol. The third-order valence-electron chi connectivity index (χ3n) is 3.50. The molecule has 1 fully saturated rings. The van der Waals surface area contributed by atoms with Gasteiger partial charge in [0.05, 0.1) is 13.2 Å². The zero-order valence-corrected chi connectivity index (χ0v) is 12.6. The number of nitrogens with zero attached hydrogens (tertiary/aromatic N) is 1. The molecule has 114 valence electrons. The van der Waals surface area contributed by atoms with Gasteiger partial charge in [-0.25, -0.2) is 0 Å². The Morgan fingerprint density at radius 2 is 2.24 bits per heavy atom. The third kappa shape index (κ3) is 4.29. The molecule has 0 unspecified atom stereocenters. The molecule has 5 heteroatoms. The number of ether oxygens (including phenoxy) is 1. The lowest BCUT2D eigenvalue weighted by atomic mass is 10.1. The first kappa shape index (κ1) is 15.5. The maximum absolute atomic E-state index is 11.6. The molecular formula is C16H22N2O3. The van der Waals surface area contributed by atoms with Gasteiger partial charge < -0.3 is 10.1 Å². The van der Waals surface area contributed by atoms with Crippen LogP contribution in [0.5, 0.6) is 5.75 Å². The Morgan fingerprint density at radius 3 is 2.95 bits per heavy atom. The number of nitrogens with one attached hydrogen (secondary N) is 1. The standard InChI is InChI=1S/C16H22N2O3/c1-3-21-15-6-5-13(12(2)19)9-14(15)10-18-8-4-7-17-16(20)11-18/h5-6,9H,3-4,7-8,10-11H2,1-2H3,(H,17,20). The Morgan fingerprint density at radius 1 is 1.43 bits per heavy atom. The molecule has 1 saturated heterocycles. The summed E-state index contributed by atoms with van der Waals surface area (Å²) in [5.74, 6) is 0.869. The molecule has 1 amide bonds. The van der Waals surface area contributed by atoms with Gasteiger partial charge in [-0.05, 0) is 38.5 Å². The van der Waals surface area contributed by atoms with Crippen LogP contribution in [0.3, 0.4) is 0 Å². The first-order chi connectivity index (χ1) is 10.1. The second-order valence-corrected chi connectivity index (χ2v) is 5.23. The zero-order chi connectivity index (χ0) is 15.2. The van der Waals surface area contributed by atoms with Gasteiger partial charge in [0.1, 0.15) is 5.75 Å². The summed E-state index contributed by atoms with van der Waals surface area (Å²) in [4.78, 5) is 25.3. The van der Waals surface area contributed by atoms with E-state index in [1.165, 1.54) is 0 Å². The average Bonchev–Trinajstić information content (AvgIpc) is 2.65. The van der Waals surface area contributed by atoms with Gasteiger partial charge in [0.15, 0.2) is 5.78 Å². The van der Waals surface area contributed by atoms with E-state index in [-0.39, 0.29) is 11.7 Å². The molecule has 1 aromatic carbocycles. The highest BCUT2D eigenvalue weighted by atomic mass is 16.5. The Bertz CT molecular complexity index is 528. The summed E-state index contributed by atoms with van der Waals surface area (Å²) in [5, 5.41) is 2.86. The molecule has 21 heavy (non-hydrogen) atoms. The molecular weight excluding hydrogens is 268 g/mol. The quantitative estimate of drug-likeness (QED) is 0.837. The Balaban J connectivity index is 2.20. The molecule has 0 bridgehead atoms. The normalized spacial score (nSPS) is 16.2. The second kappa shape index (κ2) is 7.22. The zero-order valence-electron chi connectivity index (χ0n) is 12.6. The Labute approximate surface area is 125 Å². The van der Waals surface area contributed by atoms with Gasteiger partial charge >= 0.3 is 0 Å². The predicted octanol–water partition coefficient (Wildman–Crippen LogP) is 1.61. The van der Waals surface area contributed by atoms with Gasteiger partial charge in [0.2, 0.25) is 5.91 Å². The highest BCUT2D eigenvalue weighted by Crippen LogP contribution is 2.23. The van der Waals surface area contributed by atoms with Crippen molar-refractivity contribution in [2.24, 2.45) is 0 Å². The van der Waals surface area contributed by atoms with Crippen LogP contribution in [0, 0.1) is 0 Å². The molecule has 1 N–H and O–H groups in total. The molecule has 1 aliphatic heterocycles. The first-order valence-electron chi connectivity index (χ1n) is 7.36. The van der Waals surface area contributed by atoms with Crippen LogP contribution in [0.1, 0.15) is 36.2 Å². The second-order valence-electron chi connectivity index (χ2n) is 5.23. The van der Waals surface area contributed by atoms with Crippen molar-refractivity contribution >= 4 is 11.7 Å². The topological polar surface area (TPSA) is 58.6 Å². The number of hydrogen-bond acceptors (Lipinski definition) is 4. The largest absolute Gasteiger partial charge is 0.494 e. The van der Waals surface area contributed by atoms with Gasteiger partial charge in [-0.2, -0.15) is 0 Å². The summed E-state index contributed by atoms with van der Waals surface area (Å²) in [7, 11) is 0. The third-order valence-corrected chi connectivity index (χ3v) is 3.50. The molecule has 1 heterocycles. The van der Waals surface area contributed by atoms with Crippen molar-refractivity contribution in [1.82, 2.24) is 10.2 Å². The first-order valence-corrected chi connectivity index (χ1v) is 7.36. The van der Waals surface area contributed by atoms with E-state index in [0.29, 0.717) is 25.3 Å². The summed E-state index contributed by atoms with van der Waals surface area (Å²) < 4.78 is 5.63. The molecule has 0 spiro atoms. The molecule has 0 aliphatic carbocycles. The fourth-order valence-electron chi connectivity index (χ4n) is 2.46. The highest BCUT2D eigenvalue weighted by molar-refractivity contribution is 5.94. The van der Waals surface area contributed by atoms with Crippen LogP contribution in [0.15, 0.2) is 18.2 Å². The van der Waals surface area contributed by atoms with Gasteiger partial charge in [-0.3, -0.25) is 14.5 Å². The maximum atomic E-state index is 11.6. The molecule has 5 nitrogen and oxygen atoms in total. The van der Waals surface area contributed by atoms with Crippen LogP contribution in [-0.2, 0) is 11.3 Å². The number of benzene rings is 1. The minimum Gasteiger partial charge on any atom is -0.494 e. The van der Waals surface area contributed by atoms with Gasteiger partial charge in [0, 0.05) is 30.8 Å². The van der Waals surface area contributed by atoms with E-state index < -0.39 is 0 Å². The number of amides is 1. The van der Waals surface area contributed by atoms with Gasteiger partial charge in [0.25, 0.3) is 0 Å². The van der Waals surface area contributed by atoms with Crippen LogP contribution < -0.4 is 10.1 Å². The van der Waals surface area contributed by atoms with E-state index >= 15 is 0 Å². The highest BCUT2D eigenvalue weighted by Gasteiger charge is 2.17. The van der Waals surface area contributed by atoms with Crippen molar-refractivity contribution in [1.29, 1.82) is 0 Å². The smallest absolute Gasteiger partial charge is 0.234 e. The van der Waals surface area contributed by atoms with Crippen molar-refractivity contribution in [3.8, 4) is 5.75 Å². The van der Waals surface area contributed by atoms with Crippen molar-refractivity contribution in [3.05, 3.63) is 29.3 Å². The van der Waals surface area contributed by atoms with E-state index in [1.54, 1.807) is 13.0 Å². The Kier molecular flexibility index (Phi) is 5.33. The number of ketones is 1. The molecule has 0 atom stereocenters. The number of carbonyl (C=O) groups is 2. The summed E-state index contributed by atoms with van der Waals surface area (Å²) in [6.07, 6.45) is 0.933. The molecule has 0 aromatic heterocycles. The van der Waals surface area contributed by atoms with E-state index in [0.717, 1.165) is 30.8 Å². The van der Waals surface area contributed by atoms with E-state index in [9.17, 15) is 9.59 Å². The molecule has 2 rings (SSSR count). The van der Waals surface area contributed by atoms with Crippen LogP contribution >= 0.6 is 0 Å². The minimum atomic E-state index is 0.0351. The Hall–Kier alpha value is -1.88. The number of hydrogen-bond donors (Lipinski definition) is 1. The fourth-order valence-corrected chi connectivity index (χ4v) is 2.46. The molecule has 0 radical (unpaired) electrons. The van der Waals surface area contributed by atoms with Crippen molar-refractivity contribution in [3.63, 3.8) is 0 Å². The lowest BCUT2D eigenvalue weighted by Crippen LogP contribution is -2.32. The fraction of sp³-hybridized carbons (Fsp3) is 0.500. The maximum Gasteiger partial charge on any atom is 0.234 e.